The zero-order chi connectivity index (χ0) is 23.0. The Hall–Kier alpha value is -1.82. The first kappa shape index (κ1) is 23.8. The van der Waals surface area contributed by atoms with Crippen LogP contribution in [0.3, 0.4) is 0 Å². The lowest BCUT2D eigenvalue weighted by molar-refractivity contribution is -0.192. The van der Waals surface area contributed by atoms with Crippen molar-refractivity contribution < 1.29 is 36.6 Å². The van der Waals surface area contributed by atoms with E-state index in [0.29, 0.717) is 26.1 Å². The average Bonchev–Trinajstić information content (AvgIpc) is 3.32. The first-order chi connectivity index (χ1) is 14.3. The van der Waals surface area contributed by atoms with Crippen LogP contribution in [-0.2, 0) is 16.1 Å². The molecule has 1 unspecified atom stereocenters. The molecule has 1 spiro atoms. The van der Waals surface area contributed by atoms with Crippen LogP contribution in [0.15, 0.2) is 5.38 Å². The van der Waals surface area contributed by atoms with Gasteiger partial charge in [-0.25, -0.2) is 18.6 Å². The summed E-state index contributed by atoms with van der Waals surface area (Å²) < 4.78 is 61.2. The van der Waals surface area contributed by atoms with Gasteiger partial charge in [-0.3, -0.25) is 9.69 Å². The summed E-state index contributed by atoms with van der Waals surface area (Å²) in [6.45, 7) is 4.00. The third kappa shape index (κ3) is 5.51. The molecular weight excluding hydrogens is 445 g/mol. The zero-order valence-electron chi connectivity index (χ0n) is 16.9. The maximum atomic E-state index is 14.8. The van der Waals surface area contributed by atoms with Gasteiger partial charge >= 0.3 is 12.1 Å². The van der Waals surface area contributed by atoms with Crippen LogP contribution in [0, 0.1) is 18.3 Å². The molecule has 174 valence electrons. The smallest absolute Gasteiger partial charge is 0.475 e. The van der Waals surface area contributed by atoms with Crippen molar-refractivity contribution in [3.05, 3.63) is 16.1 Å². The van der Waals surface area contributed by atoms with E-state index < -0.39 is 23.5 Å². The molecule has 3 fully saturated rings. The van der Waals surface area contributed by atoms with Crippen LogP contribution < -0.4 is 0 Å². The minimum atomic E-state index is -5.08. The fraction of sp³-hybridized carbons (Fsp3) is 0.737. The van der Waals surface area contributed by atoms with E-state index in [2.05, 4.69) is 9.88 Å². The molecule has 0 aromatic carbocycles. The monoisotopic (exact) mass is 469 g/mol. The lowest BCUT2D eigenvalue weighted by atomic mass is 9.75. The minimum absolute atomic E-state index is 0.0958. The summed E-state index contributed by atoms with van der Waals surface area (Å²) in [5, 5.41) is 10.1. The van der Waals surface area contributed by atoms with Crippen molar-refractivity contribution in [2.75, 3.05) is 26.2 Å². The van der Waals surface area contributed by atoms with Crippen LogP contribution >= 0.6 is 11.3 Å². The maximum absolute atomic E-state index is 14.8. The number of halogens is 5. The predicted octanol–water partition coefficient (Wildman–Crippen LogP) is 3.55. The maximum Gasteiger partial charge on any atom is 0.490 e. The number of rotatable bonds is 3. The summed E-state index contributed by atoms with van der Waals surface area (Å²) in [7, 11) is 0. The van der Waals surface area contributed by atoms with E-state index in [1.54, 1.807) is 16.2 Å². The fourth-order valence-corrected chi connectivity index (χ4v) is 4.71. The lowest BCUT2D eigenvalue weighted by Crippen LogP contribution is -2.58. The summed E-state index contributed by atoms with van der Waals surface area (Å²) >= 11 is 1.59. The van der Waals surface area contributed by atoms with Crippen molar-refractivity contribution in [3.8, 4) is 0 Å². The number of nitrogens with zero attached hydrogens (tertiary/aromatic N) is 3. The van der Waals surface area contributed by atoms with E-state index in [1.807, 2.05) is 12.3 Å². The highest BCUT2D eigenvalue weighted by Gasteiger charge is 2.60. The second-order valence-corrected chi connectivity index (χ2v) is 9.45. The number of aryl methyl sites for hydroxylation is 1. The van der Waals surface area contributed by atoms with Crippen molar-refractivity contribution in [2.24, 2.45) is 11.3 Å². The van der Waals surface area contributed by atoms with Gasteiger partial charge in [-0.05, 0) is 32.7 Å². The number of carboxylic acid groups (broad SMARTS) is 1. The number of carboxylic acids is 1. The molecule has 31 heavy (non-hydrogen) atoms. The highest BCUT2D eigenvalue weighted by atomic mass is 32.1. The summed E-state index contributed by atoms with van der Waals surface area (Å²) in [6, 6.07) is 0. The Morgan fingerprint density at radius 1 is 1.23 bits per heavy atom. The highest BCUT2D eigenvalue weighted by molar-refractivity contribution is 7.09. The number of aliphatic carboxylic acids is 1. The van der Waals surface area contributed by atoms with Gasteiger partial charge in [-0.15, -0.1) is 11.3 Å². The van der Waals surface area contributed by atoms with Crippen LogP contribution in [0.1, 0.15) is 36.4 Å². The number of piperidine rings is 1. The summed E-state index contributed by atoms with van der Waals surface area (Å²) in [4.78, 5) is 29.5. The molecule has 0 radical (unpaired) electrons. The third-order valence-corrected chi connectivity index (χ3v) is 6.75. The van der Waals surface area contributed by atoms with Gasteiger partial charge in [0, 0.05) is 43.9 Å². The van der Waals surface area contributed by atoms with Crippen LogP contribution in [0.25, 0.3) is 0 Å². The molecule has 1 aromatic rings. The van der Waals surface area contributed by atoms with Gasteiger partial charge in [0.2, 0.25) is 5.91 Å². The number of aromatic nitrogens is 1. The Bertz CT molecular complexity index is 827. The molecule has 1 N–H and O–H groups in total. The number of likely N-dealkylation sites (tertiary alicyclic amines) is 2. The van der Waals surface area contributed by atoms with Crippen molar-refractivity contribution in [1.29, 1.82) is 0 Å². The van der Waals surface area contributed by atoms with Crippen molar-refractivity contribution in [1.82, 2.24) is 14.8 Å². The summed E-state index contributed by atoms with van der Waals surface area (Å²) in [6.07, 6.45) is -2.98. The summed E-state index contributed by atoms with van der Waals surface area (Å²) in [5.74, 6) is -5.25. The first-order valence-corrected chi connectivity index (χ1v) is 10.8. The number of amides is 1. The number of carbonyl (C=O) groups is 2. The molecule has 1 saturated carbocycles. The van der Waals surface area contributed by atoms with E-state index in [4.69, 9.17) is 9.90 Å². The Balaban J connectivity index is 0.000000339. The standard InChI is InChI=1S/C17H23F2N3OS.C2HF3O2/c1-12-20-14(9-24-12)8-21-6-4-16(10-21)11-22(7-5-17(16,18)19)15(23)13-2-3-13;3-2(4,5)1(6)7/h9,13H,2-8,10-11H2,1H3;(H,6,7). The Morgan fingerprint density at radius 3 is 2.39 bits per heavy atom. The SMILES string of the molecule is Cc1nc(CN2CCC3(C2)CN(C(=O)C2CC2)CCC3(F)F)cs1.O=C(O)C(F)(F)F. The molecule has 2 aliphatic heterocycles. The Labute approximate surface area is 180 Å². The van der Waals surface area contributed by atoms with Crippen LogP contribution in [-0.4, -0.2) is 70.0 Å². The quantitative estimate of drug-likeness (QED) is 0.686. The highest BCUT2D eigenvalue weighted by Crippen LogP contribution is 2.50. The Morgan fingerprint density at radius 2 is 1.87 bits per heavy atom. The van der Waals surface area contributed by atoms with Gasteiger partial charge < -0.3 is 10.0 Å². The van der Waals surface area contributed by atoms with Gasteiger partial charge in [0.15, 0.2) is 0 Å². The number of hydrogen-bond donors (Lipinski definition) is 1. The van der Waals surface area contributed by atoms with Gasteiger partial charge in [0.1, 0.15) is 0 Å². The van der Waals surface area contributed by atoms with E-state index in [0.717, 1.165) is 23.5 Å². The minimum Gasteiger partial charge on any atom is -0.475 e. The van der Waals surface area contributed by atoms with Gasteiger partial charge in [-0.2, -0.15) is 13.2 Å². The van der Waals surface area contributed by atoms with Gasteiger partial charge in [-0.1, -0.05) is 0 Å². The molecule has 6 nitrogen and oxygen atoms in total. The molecule has 12 heteroatoms. The first-order valence-electron chi connectivity index (χ1n) is 9.93. The topological polar surface area (TPSA) is 73.7 Å². The molecule has 0 bridgehead atoms. The second kappa shape index (κ2) is 8.61. The molecular formula is C19H24F5N3O3S. The fourth-order valence-electron chi connectivity index (χ4n) is 4.11. The predicted molar refractivity (Wildman–Crippen MR) is 102 cm³/mol. The molecule has 4 rings (SSSR count). The average molecular weight is 469 g/mol. The number of hydrogen-bond acceptors (Lipinski definition) is 5. The molecule has 3 heterocycles. The Kier molecular flexibility index (Phi) is 6.62. The van der Waals surface area contributed by atoms with Crippen LogP contribution in [0.4, 0.5) is 22.0 Å². The molecule has 1 amide bonds. The van der Waals surface area contributed by atoms with E-state index in [9.17, 15) is 26.7 Å². The molecule has 1 atom stereocenters. The lowest BCUT2D eigenvalue weighted by Gasteiger charge is -2.46. The van der Waals surface area contributed by atoms with E-state index in [1.165, 1.54) is 0 Å². The van der Waals surface area contributed by atoms with E-state index in [-0.39, 0.29) is 31.3 Å². The number of thiazole rings is 1. The van der Waals surface area contributed by atoms with Crippen molar-refractivity contribution in [2.45, 2.75) is 51.3 Å². The van der Waals surface area contributed by atoms with Gasteiger partial charge in [0.05, 0.1) is 16.1 Å². The van der Waals surface area contributed by atoms with Crippen LogP contribution in [0.2, 0.25) is 0 Å². The molecule has 3 aliphatic rings. The normalized spacial score (nSPS) is 25.9. The summed E-state index contributed by atoms with van der Waals surface area (Å²) in [5.41, 5.74) is -0.125. The van der Waals surface area contributed by atoms with Gasteiger partial charge in [0.25, 0.3) is 5.92 Å². The second-order valence-electron chi connectivity index (χ2n) is 8.39. The van der Waals surface area contributed by atoms with E-state index >= 15 is 0 Å². The molecule has 1 aromatic heterocycles. The number of carbonyl (C=O) groups excluding carboxylic acids is 1. The molecule has 2 saturated heterocycles. The van der Waals surface area contributed by atoms with Crippen molar-refractivity contribution in [3.63, 3.8) is 0 Å². The largest absolute Gasteiger partial charge is 0.490 e. The molecule has 1 aliphatic carbocycles. The van der Waals surface area contributed by atoms with Crippen LogP contribution in [0.5, 0.6) is 0 Å². The third-order valence-electron chi connectivity index (χ3n) is 5.93. The zero-order valence-corrected chi connectivity index (χ0v) is 17.7. The number of alkyl halides is 5. The van der Waals surface area contributed by atoms with Crippen molar-refractivity contribution >= 4 is 23.2 Å².